The molecular formula is C18H11BNO2. The van der Waals surface area contributed by atoms with Crippen LogP contribution in [0.5, 0.6) is 5.75 Å². The third-order valence-corrected chi connectivity index (χ3v) is 4.38. The Morgan fingerprint density at radius 3 is 2.36 bits per heavy atom. The number of fused-ring (bicyclic) bond motifs is 6. The number of benzene rings is 3. The van der Waals surface area contributed by atoms with Crippen LogP contribution in [0.25, 0.3) is 38.1 Å². The van der Waals surface area contributed by atoms with E-state index in [4.69, 9.17) is 9.68 Å². The largest absolute Gasteiger partial charge is 0.569 e. The second-order valence-corrected chi connectivity index (χ2v) is 5.46. The molecule has 22 heavy (non-hydrogen) atoms. The fraction of sp³-hybridized carbons (Fsp3) is 0. The Morgan fingerprint density at radius 1 is 0.773 bits per heavy atom. The summed E-state index contributed by atoms with van der Waals surface area (Å²) in [5.41, 5.74) is 3.60. The number of nitrogens with zero attached hydrogens (tertiary/aromatic N) is 1. The minimum Gasteiger partial charge on any atom is -0.537 e. The molecule has 0 aliphatic heterocycles. The maximum atomic E-state index is 8.84. The SMILES string of the molecule is O[B]Oc1ccc2c(c1)c1cccc3c4ccccc4n2c31. The van der Waals surface area contributed by atoms with Crippen LogP contribution in [0.3, 0.4) is 0 Å². The molecule has 103 valence electrons. The number of hydrogen-bond acceptors (Lipinski definition) is 2. The molecule has 0 aliphatic rings. The van der Waals surface area contributed by atoms with Crippen molar-refractivity contribution in [2.75, 3.05) is 0 Å². The van der Waals surface area contributed by atoms with Crippen LogP contribution in [0.1, 0.15) is 0 Å². The first kappa shape index (κ1) is 11.9. The zero-order chi connectivity index (χ0) is 14.7. The van der Waals surface area contributed by atoms with Gasteiger partial charge in [-0.1, -0.05) is 36.4 Å². The molecule has 0 bridgehead atoms. The minimum absolute atomic E-state index is 0.633. The molecule has 2 heterocycles. The van der Waals surface area contributed by atoms with E-state index < -0.39 is 0 Å². The van der Waals surface area contributed by atoms with Gasteiger partial charge in [0.15, 0.2) is 0 Å². The molecular weight excluding hydrogens is 273 g/mol. The number of para-hydroxylation sites is 2. The summed E-state index contributed by atoms with van der Waals surface area (Å²) in [6, 6.07) is 20.8. The molecule has 4 heteroatoms. The van der Waals surface area contributed by atoms with Gasteiger partial charge in [-0.3, -0.25) is 0 Å². The Balaban J connectivity index is 2.07. The minimum atomic E-state index is 0.633. The van der Waals surface area contributed by atoms with Crippen LogP contribution >= 0.6 is 0 Å². The quantitative estimate of drug-likeness (QED) is 0.501. The Morgan fingerprint density at radius 2 is 1.50 bits per heavy atom. The summed E-state index contributed by atoms with van der Waals surface area (Å²) in [4.78, 5) is 0. The fourth-order valence-corrected chi connectivity index (χ4v) is 3.55. The molecule has 0 saturated carbocycles. The lowest BCUT2D eigenvalue weighted by Gasteiger charge is -2.02. The van der Waals surface area contributed by atoms with E-state index in [1.165, 1.54) is 27.2 Å². The van der Waals surface area contributed by atoms with Crippen LogP contribution in [0.4, 0.5) is 0 Å². The van der Waals surface area contributed by atoms with Gasteiger partial charge < -0.3 is 14.1 Å². The van der Waals surface area contributed by atoms with Crippen molar-refractivity contribution in [2.45, 2.75) is 0 Å². The third kappa shape index (κ3) is 1.35. The molecule has 0 unspecified atom stereocenters. The van der Waals surface area contributed by atoms with E-state index in [1.807, 2.05) is 18.2 Å². The first-order valence-corrected chi connectivity index (χ1v) is 7.18. The van der Waals surface area contributed by atoms with Crippen molar-refractivity contribution in [3.05, 3.63) is 60.7 Å². The van der Waals surface area contributed by atoms with Crippen molar-refractivity contribution in [3.8, 4) is 5.75 Å². The van der Waals surface area contributed by atoms with Gasteiger partial charge in [0, 0.05) is 21.5 Å². The average molecular weight is 284 g/mol. The predicted molar refractivity (Wildman–Crippen MR) is 89.7 cm³/mol. The van der Waals surface area contributed by atoms with Gasteiger partial charge in [0.2, 0.25) is 0 Å². The summed E-state index contributed by atoms with van der Waals surface area (Å²) in [6.45, 7) is 0. The van der Waals surface area contributed by atoms with Crippen LogP contribution in [0.15, 0.2) is 60.7 Å². The highest BCUT2D eigenvalue weighted by Gasteiger charge is 2.16. The standard InChI is InChI=1S/C18H11BNO2/c21-19-22-11-8-9-17-15(10-11)14-6-3-5-13-12-4-1-2-7-16(12)20(17)18(13)14/h1-10,21H. The summed E-state index contributed by atoms with van der Waals surface area (Å²) < 4.78 is 7.42. The second kappa shape index (κ2) is 4.15. The van der Waals surface area contributed by atoms with Gasteiger partial charge in [0.05, 0.1) is 16.6 Å². The molecule has 1 radical (unpaired) electrons. The van der Waals surface area contributed by atoms with Crippen molar-refractivity contribution >= 4 is 45.8 Å². The highest BCUT2D eigenvalue weighted by Crippen LogP contribution is 2.39. The molecule has 1 N–H and O–H groups in total. The van der Waals surface area contributed by atoms with E-state index in [2.05, 4.69) is 46.9 Å². The lowest BCUT2D eigenvalue weighted by molar-refractivity contribution is 0.454. The van der Waals surface area contributed by atoms with E-state index in [0.29, 0.717) is 13.4 Å². The number of rotatable bonds is 2. The molecule has 0 amide bonds. The molecule has 0 spiro atoms. The highest BCUT2D eigenvalue weighted by molar-refractivity contribution is 6.23. The van der Waals surface area contributed by atoms with Crippen molar-refractivity contribution in [2.24, 2.45) is 0 Å². The maximum absolute atomic E-state index is 8.84. The van der Waals surface area contributed by atoms with Gasteiger partial charge in [-0.15, -0.1) is 0 Å². The Labute approximate surface area is 127 Å². The zero-order valence-electron chi connectivity index (χ0n) is 11.7. The van der Waals surface area contributed by atoms with Gasteiger partial charge in [-0.05, 0) is 24.3 Å². The summed E-state index contributed by atoms with van der Waals surface area (Å²) in [7, 11) is 0.715. The molecule has 0 atom stereocenters. The highest BCUT2D eigenvalue weighted by atomic mass is 16.5. The fourth-order valence-electron chi connectivity index (χ4n) is 3.55. The van der Waals surface area contributed by atoms with Crippen LogP contribution in [-0.2, 0) is 0 Å². The van der Waals surface area contributed by atoms with Crippen molar-refractivity contribution in [3.63, 3.8) is 0 Å². The van der Waals surface area contributed by atoms with Crippen LogP contribution < -0.4 is 4.65 Å². The predicted octanol–water partition coefficient (Wildman–Crippen LogP) is 3.74. The van der Waals surface area contributed by atoms with Gasteiger partial charge in [0.1, 0.15) is 5.75 Å². The molecule has 0 aliphatic carbocycles. The maximum Gasteiger partial charge on any atom is 0.569 e. The zero-order valence-corrected chi connectivity index (χ0v) is 11.7. The van der Waals surface area contributed by atoms with E-state index in [1.54, 1.807) is 0 Å². The Kier molecular flexibility index (Phi) is 2.24. The Hall–Kier alpha value is -2.72. The van der Waals surface area contributed by atoms with E-state index in [-0.39, 0.29) is 0 Å². The molecule has 5 aromatic rings. The van der Waals surface area contributed by atoms with Crippen molar-refractivity contribution in [1.29, 1.82) is 0 Å². The first-order chi connectivity index (χ1) is 10.9. The number of hydrogen-bond donors (Lipinski definition) is 1. The molecule has 0 fully saturated rings. The normalized spacial score (nSPS) is 11.9. The third-order valence-electron chi connectivity index (χ3n) is 4.38. The lowest BCUT2D eigenvalue weighted by atomic mass is 10.1. The topological polar surface area (TPSA) is 33.9 Å². The Bertz CT molecular complexity index is 1150. The van der Waals surface area contributed by atoms with Gasteiger partial charge >= 0.3 is 7.69 Å². The van der Waals surface area contributed by atoms with Crippen molar-refractivity contribution < 1.29 is 9.68 Å². The molecule has 5 rings (SSSR count). The van der Waals surface area contributed by atoms with E-state index >= 15 is 0 Å². The molecule has 3 aromatic carbocycles. The summed E-state index contributed by atoms with van der Waals surface area (Å²) >= 11 is 0. The first-order valence-electron chi connectivity index (χ1n) is 7.18. The second-order valence-electron chi connectivity index (χ2n) is 5.46. The summed E-state index contributed by atoms with van der Waals surface area (Å²) in [5, 5.41) is 13.7. The number of aromatic nitrogens is 1. The van der Waals surface area contributed by atoms with Gasteiger partial charge in [0.25, 0.3) is 0 Å². The van der Waals surface area contributed by atoms with E-state index in [0.717, 1.165) is 10.9 Å². The van der Waals surface area contributed by atoms with Gasteiger partial charge in [-0.2, -0.15) is 0 Å². The van der Waals surface area contributed by atoms with Crippen LogP contribution in [-0.4, -0.2) is 17.1 Å². The van der Waals surface area contributed by atoms with Crippen LogP contribution in [0.2, 0.25) is 0 Å². The van der Waals surface area contributed by atoms with Crippen molar-refractivity contribution in [1.82, 2.24) is 4.40 Å². The summed E-state index contributed by atoms with van der Waals surface area (Å²) in [5.74, 6) is 0.633. The monoisotopic (exact) mass is 284 g/mol. The van der Waals surface area contributed by atoms with E-state index in [9.17, 15) is 0 Å². The average Bonchev–Trinajstić information content (AvgIpc) is 3.07. The molecule has 3 nitrogen and oxygen atoms in total. The summed E-state index contributed by atoms with van der Waals surface area (Å²) in [6.07, 6.45) is 0. The molecule has 0 saturated heterocycles. The lowest BCUT2D eigenvalue weighted by Crippen LogP contribution is -1.99. The smallest absolute Gasteiger partial charge is 0.537 e. The van der Waals surface area contributed by atoms with Gasteiger partial charge in [-0.25, -0.2) is 0 Å². The van der Waals surface area contributed by atoms with Crippen LogP contribution in [0, 0.1) is 0 Å². The molecule has 2 aromatic heterocycles.